The smallest absolute Gasteiger partial charge is 0.322 e. The van der Waals surface area contributed by atoms with E-state index in [0.717, 1.165) is 31.6 Å². The van der Waals surface area contributed by atoms with E-state index < -0.39 is 0 Å². The third-order valence-corrected chi connectivity index (χ3v) is 7.06. The topological polar surface area (TPSA) is 96.7 Å². The van der Waals surface area contributed by atoms with Crippen LogP contribution < -0.4 is 14.8 Å². The van der Waals surface area contributed by atoms with Crippen molar-refractivity contribution in [1.29, 1.82) is 0 Å². The zero-order chi connectivity index (χ0) is 27.7. The summed E-state index contributed by atoms with van der Waals surface area (Å²) in [6.45, 7) is 5.05. The van der Waals surface area contributed by atoms with Gasteiger partial charge in [0.05, 0.1) is 26.0 Å². The molecule has 40 heavy (non-hydrogen) atoms. The number of ether oxygens (including phenoxy) is 3. The Balaban J connectivity index is 1.29. The number of benzene rings is 2. The molecule has 2 aliphatic heterocycles. The summed E-state index contributed by atoms with van der Waals surface area (Å²) in [5, 5.41) is 3.48. The molecule has 212 valence electrons. The SMILES string of the molecule is O=C(CN(CCCN1CCOCC1)C(=O)Nc1ccc(Cl)cc1)N(Cc1ccc2c(c1)OCO2)Cc1ccco1. The first-order valence-electron chi connectivity index (χ1n) is 13.3. The highest BCUT2D eigenvalue weighted by Gasteiger charge is 2.24. The van der Waals surface area contributed by atoms with Gasteiger partial charge in [0.1, 0.15) is 12.3 Å². The number of carbonyl (C=O) groups excluding carboxylic acids is 2. The average Bonchev–Trinajstić information content (AvgIpc) is 3.66. The standard InChI is InChI=1S/C29H33ClN4O6/c30-23-5-7-24(8-6-23)31-29(36)33(11-2-10-32-12-15-37-16-13-32)20-28(35)34(19-25-3-1-14-38-25)18-22-4-9-26-27(17-22)40-21-39-26/h1,3-9,14,17H,2,10-13,15-16,18-21H2,(H,31,36). The van der Waals surface area contributed by atoms with Crippen molar-refractivity contribution in [3.63, 3.8) is 0 Å². The van der Waals surface area contributed by atoms with Crippen molar-refractivity contribution >= 4 is 29.2 Å². The number of morpholine rings is 1. The fourth-order valence-electron chi connectivity index (χ4n) is 4.64. The van der Waals surface area contributed by atoms with E-state index >= 15 is 0 Å². The number of nitrogens with one attached hydrogen (secondary N) is 1. The molecule has 0 unspecified atom stereocenters. The van der Waals surface area contributed by atoms with Crippen LogP contribution in [0.15, 0.2) is 65.3 Å². The summed E-state index contributed by atoms with van der Waals surface area (Å²) in [6.07, 6.45) is 2.30. The monoisotopic (exact) mass is 568 g/mol. The zero-order valence-electron chi connectivity index (χ0n) is 22.2. The molecule has 5 rings (SSSR count). The molecule has 10 nitrogen and oxygen atoms in total. The number of fused-ring (bicyclic) bond motifs is 1. The Morgan fingerprint density at radius 1 is 0.950 bits per heavy atom. The molecule has 1 saturated heterocycles. The van der Waals surface area contributed by atoms with Gasteiger partial charge < -0.3 is 33.7 Å². The summed E-state index contributed by atoms with van der Waals surface area (Å²) in [4.78, 5) is 32.7. The van der Waals surface area contributed by atoms with Crippen LogP contribution in [0.5, 0.6) is 11.5 Å². The van der Waals surface area contributed by atoms with E-state index in [4.69, 9.17) is 30.2 Å². The third-order valence-electron chi connectivity index (χ3n) is 6.80. The first-order chi connectivity index (χ1) is 19.5. The van der Waals surface area contributed by atoms with Crippen LogP contribution in [-0.2, 0) is 22.6 Å². The van der Waals surface area contributed by atoms with Crippen LogP contribution in [0.3, 0.4) is 0 Å². The number of hydrogen-bond donors (Lipinski definition) is 1. The van der Waals surface area contributed by atoms with Gasteiger partial charge in [-0.2, -0.15) is 0 Å². The molecule has 11 heteroatoms. The second-order valence-electron chi connectivity index (χ2n) is 9.68. The number of urea groups is 1. The van der Waals surface area contributed by atoms with Gasteiger partial charge in [0.15, 0.2) is 11.5 Å². The molecule has 0 aliphatic carbocycles. The van der Waals surface area contributed by atoms with Crippen LogP contribution >= 0.6 is 11.6 Å². The first-order valence-corrected chi connectivity index (χ1v) is 13.7. The largest absolute Gasteiger partial charge is 0.467 e. The van der Waals surface area contributed by atoms with Crippen molar-refractivity contribution in [2.45, 2.75) is 19.5 Å². The van der Waals surface area contributed by atoms with Crippen molar-refractivity contribution in [3.8, 4) is 11.5 Å². The maximum absolute atomic E-state index is 13.7. The molecule has 0 atom stereocenters. The zero-order valence-corrected chi connectivity index (χ0v) is 23.0. The lowest BCUT2D eigenvalue weighted by Crippen LogP contribution is -2.45. The molecular weight excluding hydrogens is 536 g/mol. The summed E-state index contributed by atoms with van der Waals surface area (Å²) in [5.41, 5.74) is 1.49. The van der Waals surface area contributed by atoms with Crippen molar-refractivity contribution in [1.82, 2.24) is 14.7 Å². The Morgan fingerprint density at radius 2 is 1.75 bits per heavy atom. The second kappa shape index (κ2) is 13.6. The molecule has 1 fully saturated rings. The Bertz CT molecular complexity index is 1260. The van der Waals surface area contributed by atoms with Gasteiger partial charge >= 0.3 is 6.03 Å². The molecule has 0 radical (unpaired) electrons. The molecule has 2 aliphatic rings. The van der Waals surface area contributed by atoms with Gasteiger partial charge in [-0.1, -0.05) is 17.7 Å². The summed E-state index contributed by atoms with van der Waals surface area (Å²) >= 11 is 6.00. The second-order valence-corrected chi connectivity index (χ2v) is 10.1. The minimum atomic E-state index is -0.348. The van der Waals surface area contributed by atoms with E-state index in [1.165, 1.54) is 0 Å². The molecule has 0 saturated carbocycles. The number of anilines is 1. The van der Waals surface area contributed by atoms with E-state index in [1.54, 1.807) is 46.4 Å². The minimum Gasteiger partial charge on any atom is -0.467 e. The lowest BCUT2D eigenvalue weighted by atomic mass is 10.2. The lowest BCUT2D eigenvalue weighted by molar-refractivity contribution is -0.133. The van der Waals surface area contributed by atoms with Crippen molar-refractivity contribution in [3.05, 3.63) is 77.2 Å². The highest BCUT2D eigenvalue weighted by Crippen LogP contribution is 2.33. The van der Waals surface area contributed by atoms with E-state index in [0.29, 0.717) is 54.3 Å². The minimum absolute atomic E-state index is 0.0895. The van der Waals surface area contributed by atoms with E-state index in [1.807, 2.05) is 24.3 Å². The molecule has 3 amide bonds. The molecule has 0 spiro atoms. The molecular formula is C29H33ClN4O6. The molecule has 3 aromatic rings. The number of hydrogen-bond acceptors (Lipinski definition) is 7. The van der Waals surface area contributed by atoms with Crippen LogP contribution in [0.2, 0.25) is 5.02 Å². The van der Waals surface area contributed by atoms with E-state index in [2.05, 4.69) is 10.2 Å². The number of furan rings is 1. The van der Waals surface area contributed by atoms with Crippen molar-refractivity contribution in [2.24, 2.45) is 0 Å². The fraction of sp³-hybridized carbons (Fsp3) is 0.379. The summed E-state index contributed by atoms with van der Waals surface area (Å²) in [7, 11) is 0. The normalized spacial score (nSPS) is 14.6. The first kappa shape index (κ1) is 27.8. The van der Waals surface area contributed by atoms with Gasteiger partial charge in [0.2, 0.25) is 12.7 Å². The number of carbonyl (C=O) groups is 2. The van der Waals surface area contributed by atoms with Crippen LogP contribution in [0.4, 0.5) is 10.5 Å². The van der Waals surface area contributed by atoms with Gasteiger partial charge in [0, 0.05) is 43.4 Å². The quantitative estimate of drug-likeness (QED) is 0.365. The number of nitrogens with zero attached hydrogens (tertiary/aromatic N) is 3. The average molecular weight is 569 g/mol. The Kier molecular flexibility index (Phi) is 9.43. The predicted molar refractivity (Wildman–Crippen MR) is 149 cm³/mol. The Labute approximate surface area is 238 Å². The Hall–Kier alpha value is -3.73. The maximum atomic E-state index is 13.7. The molecule has 0 bridgehead atoms. The van der Waals surface area contributed by atoms with E-state index in [-0.39, 0.29) is 31.8 Å². The van der Waals surface area contributed by atoms with Gasteiger partial charge in [0.25, 0.3) is 0 Å². The molecule has 1 N–H and O–H groups in total. The van der Waals surface area contributed by atoms with Crippen LogP contribution in [0.1, 0.15) is 17.7 Å². The molecule has 3 heterocycles. The number of rotatable bonds is 11. The molecule has 2 aromatic carbocycles. The number of halogens is 1. The van der Waals surface area contributed by atoms with Crippen molar-refractivity contribution < 1.29 is 28.2 Å². The van der Waals surface area contributed by atoms with Gasteiger partial charge in [-0.05, 0) is 60.5 Å². The summed E-state index contributed by atoms with van der Waals surface area (Å²) < 4.78 is 21.9. The summed E-state index contributed by atoms with van der Waals surface area (Å²) in [5.74, 6) is 1.78. The van der Waals surface area contributed by atoms with Crippen molar-refractivity contribution in [2.75, 3.05) is 58.0 Å². The highest BCUT2D eigenvalue weighted by atomic mass is 35.5. The Morgan fingerprint density at radius 3 is 2.52 bits per heavy atom. The van der Waals surface area contributed by atoms with Crippen LogP contribution in [0.25, 0.3) is 0 Å². The lowest BCUT2D eigenvalue weighted by Gasteiger charge is -2.30. The highest BCUT2D eigenvalue weighted by molar-refractivity contribution is 6.30. The van der Waals surface area contributed by atoms with Gasteiger partial charge in [-0.3, -0.25) is 9.69 Å². The predicted octanol–water partition coefficient (Wildman–Crippen LogP) is 4.45. The van der Waals surface area contributed by atoms with Crippen LogP contribution in [0, 0.1) is 0 Å². The van der Waals surface area contributed by atoms with Gasteiger partial charge in [-0.15, -0.1) is 0 Å². The maximum Gasteiger partial charge on any atom is 0.322 e. The molecule has 1 aromatic heterocycles. The van der Waals surface area contributed by atoms with Crippen LogP contribution in [-0.4, -0.2) is 79.4 Å². The fourth-order valence-corrected chi connectivity index (χ4v) is 4.77. The number of amides is 3. The van der Waals surface area contributed by atoms with E-state index in [9.17, 15) is 9.59 Å². The summed E-state index contributed by atoms with van der Waals surface area (Å²) in [6, 6.07) is 15.8. The van der Waals surface area contributed by atoms with Gasteiger partial charge in [-0.25, -0.2) is 4.79 Å². The third kappa shape index (κ3) is 7.68.